The molecule has 1 atom stereocenters. The number of aromatic nitrogens is 3. The summed E-state index contributed by atoms with van der Waals surface area (Å²) in [5.41, 5.74) is 7.37. The van der Waals surface area contributed by atoms with Crippen molar-refractivity contribution >= 4 is 0 Å². The lowest BCUT2D eigenvalue weighted by Crippen LogP contribution is -2.31. The van der Waals surface area contributed by atoms with E-state index in [0.717, 1.165) is 50.4 Å². The first-order chi connectivity index (χ1) is 16.8. The Balaban J connectivity index is 1.28. The van der Waals surface area contributed by atoms with Gasteiger partial charge in [0.05, 0.1) is 23.1 Å². The summed E-state index contributed by atoms with van der Waals surface area (Å²) in [6, 6.07) is 25.8. The van der Waals surface area contributed by atoms with Gasteiger partial charge in [-0.3, -0.25) is 19.9 Å². The number of aryl methyl sites for hydroxylation is 1. The highest BCUT2D eigenvalue weighted by Crippen LogP contribution is 2.34. The van der Waals surface area contributed by atoms with Gasteiger partial charge in [-0.15, -0.1) is 0 Å². The van der Waals surface area contributed by atoms with Crippen LogP contribution >= 0.6 is 0 Å². The molecule has 0 radical (unpaired) electrons. The van der Waals surface area contributed by atoms with Crippen LogP contribution in [0, 0.1) is 0 Å². The Labute approximate surface area is 201 Å². The summed E-state index contributed by atoms with van der Waals surface area (Å²) in [5.74, 6) is 0. The van der Waals surface area contributed by atoms with Gasteiger partial charge in [0, 0.05) is 44.8 Å². The molecule has 1 aromatic carbocycles. The van der Waals surface area contributed by atoms with Crippen molar-refractivity contribution in [2.24, 2.45) is 0 Å². The van der Waals surface area contributed by atoms with E-state index in [4.69, 9.17) is 4.98 Å². The van der Waals surface area contributed by atoms with Crippen LogP contribution in [0.1, 0.15) is 52.7 Å². The van der Waals surface area contributed by atoms with E-state index in [9.17, 15) is 0 Å². The van der Waals surface area contributed by atoms with E-state index in [1.165, 1.54) is 28.8 Å². The van der Waals surface area contributed by atoms with E-state index in [1.54, 1.807) is 0 Å². The van der Waals surface area contributed by atoms with E-state index in [0.29, 0.717) is 6.04 Å². The van der Waals surface area contributed by atoms with Crippen molar-refractivity contribution in [1.82, 2.24) is 25.2 Å². The van der Waals surface area contributed by atoms with E-state index >= 15 is 0 Å². The van der Waals surface area contributed by atoms with Crippen LogP contribution in [0.15, 0.2) is 91.4 Å². The van der Waals surface area contributed by atoms with E-state index < -0.39 is 0 Å². The highest BCUT2D eigenvalue weighted by atomic mass is 15.2. The number of hydrogen-bond acceptors (Lipinski definition) is 5. The van der Waals surface area contributed by atoms with Crippen LogP contribution in [0.3, 0.4) is 0 Å². The Morgan fingerprint density at radius 2 is 1.44 bits per heavy atom. The van der Waals surface area contributed by atoms with Gasteiger partial charge in [-0.25, -0.2) is 0 Å². The van der Waals surface area contributed by atoms with Crippen LogP contribution in [0.2, 0.25) is 0 Å². The molecule has 1 aliphatic rings. The normalized spacial score (nSPS) is 15.3. The largest absolute Gasteiger partial charge is 0.307 e. The fourth-order valence-electron chi connectivity index (χ4n) is 4.75. The molecule has 4 aromatic rings. The summed E-state index contributed by atoms with van der Waals surface area (Å²) >= 11 is 0. The van der Waals surface area contributed by atoms with Crippen LogP contribution in [0.25, 0.3) is 0 Å². The molecule has 0 aliphatic heterocycles. The van der Waals surface area contributed by atoms with Crippen molar-refractivity contribution in [3.05, 3.63) is 125 Å². The van der Waals surface area contributed by atoms with Gasteiger partial charge >= 0.3 is 0 Å². The van der Waals surface area contributed by atoms with Crippen molar-refractivity contribution < 1.29 is 0 Å². The predicted octanol–water partition coefficient (Wildman–Crippen LogP) is 5.24. The van der Waals surface area contributed by atoms with E-state index in [-0.39, 0.29) is 0 Å². The Morgan fingerprint density at radius 1 is 0.706 bits per heavy atom. The second-order valence-electron chi connectivity index (χ2n) is 8.92. The molecule has 3 aromatic heterocycles. The minimum Gasteiger partial charge on any atom is -0.307 e. The zero-order valence-electron chi connectivity index (χ0n) is 19.5. The fourth-order valence-corrected chi connectivity index (χ4v) is 4.75. The number of rotatable bonds is 9. The number of pyridine rings is 3. The first-order valence-electron chi connectivity index (χ1n) is 12.1. The Bertz CT molecular complexity index is 1160. The van der Waals surface area contributed by atoms with Crippen LogP contribution in [0.4, 0.5) is 0 Å². The summed E-state index contributed by atoms with van der Waals surface area (Å²) in [6.07, 6.45) is 9.10. The molecule has 1 unspecified atom stereocenters. The molecular formula is C29H31N5. The molecule has 1 N–H and O–H groups in total. The first-order valence-corrected chi connectivity index (χ1v) is 12.1. The van der Waals surface area contributed by atoms with Crippen LogP contribution < -0.4 is 5.32 Å². The van der Waals surface area contributed by atoms with Gasteiger partial charge in [0.1, 0.15) is 0 Å². The molecule has 3 heterocycles. The van der Waals surface area contributed by atoms with Crippen molar-refractivity contribution in [1.29, 1.82) is 0 Å². The minimum atomic E-state index is 0.312. The zero-order chi connectivity index (χ0) is 23.0. The summed E-state index contributed by atoms with van der Waals surface area (Å²) < 4.78 is 0. The summed E-state index contributed by atoms with van der Waals surface area (Å²) in [4.78, 5) is 16.3. The van der Waals surface area contributed by atoms with Crippen molar-refractivity contribution in [2.45, 2.75) is 51.5 Å². The van der Waals surface area contributed by atoms with Crippen molar-refractivity contribution in [3.8, 4) is 0 Å². The van der Waals surface area contributed by atoms with Gasteiger partial charge in [-0.1, -0.05) is 42.5 Å². The number of nitrogens with one attached hydrogen (secondary N) is 1. The van der Waals surface area contributed by atoms with Crippen molar-refractivity contribution in [2.75, 3.05) is 0 Å². The zero-order valence-corrected chi connectivity index (χ0v) is 19.5. The maximum atomic E-state index is 4.80. The third-order valence-corrected chi connectivity index (χ3v) is 6.47. The van der Waals surface area contributed by atoms with Crippen molar-refractivity contribution in [3.63, 3.8) is 0 Å². The Morgan fingerprint density at radius 3 is 2.21 bits per heavy atom. The molecule has 172 valence electrons. The monoisotopic (exact) mass is 449 g/mol. The van der Waals surface area contributed by atoms with Gasteiger partial charge in [0.2, 0.25) is 0 Å². The molecule has 0 fully saturated rings. The second kappa shape index (κ2) is 11.1. The minimum absolute atomic E-state index is 0.312. The van der Waals surface area contributed by atoms with Gasteiger partial charge in [0.15, 0.2) is 0 Å². The average molecular weight is 450 g/mol. The summed E-state index contributed by atoms with van der Waals surface area (Å²) in [5, 5.41) is 3.48. The topological polar surface area (TPSA) is 53.9 Å². The molecule has 34 heavy (non-hydrogen) atoms. The second-order valence-corrected chi connectivity index (χ2v) is 8.92. The SMILES string of the molecule is c1ccc(CNCc2ccc(CN(Cc3ccccn3)C3CCCc4cccnc43)cc2)nc1. The van der Waals surface area contributed by atoms with E-state index in [1.807, 2.05) is 42.9 Å². The molecule has 0 bridgehead atoms. The standard InChI is InChI=1S/C29H31N5/c1-3-16-31-26(9-1)20-30-19-23-12-14-24(15-13-23)21-34(22-27-10-2-4-17-32-27)28-11-5-7-25-8-6-18-33-29(25)28/h1-4,6,8-10,12-18,28,30H,5,7,11,19-22H2. The molecule has 5 nitrogen and oxygen atoms in total. The molecular weight excluding hydrogens is 418 g/mol. The summed E-state index contributed by atoms with van der Waals surface area (Å²) in [6.45, 7) is 3.29. The van der Waals surface area contributed by atoms with Crippen LogP contribution in [0.5, 0.6) is 0 Å². The fraction of sp³-hybridized carbons (Fsp3) is 0.276. The number of hydrogen-bond donors (Lipinski definition) is 1. The third-order valence-electron chi connectivity index (χ3n) is 6.47. The maximum absolute atomic E-state index is 4.80. The Hall–Kier alpha value is -3.41. The molecule has 5 heteroatoms. The molecule has 0 saturated heterocycles. The number of fused-ring (bicyclic) bond motifs is 1. The van der Waals surface area contributed by atoms with Gasteiger partial charge in [-0.05, 0) is 66.3 Å². The van der Waals surface area contributed by atoms with Gasteiger partial charge in [0.25, 0.3) is 0 Å². The molecule has 1 aliphatic carbocycles. The quantitative estimate of drug-likeness (QED) is 0.379. The number of nitrogens with zero attached hydrogens (tertiary/aromatic N) is 4. The lowest BCUT2D eigenvalue weighted by Gasteiger charge is -2.35. The smallest absolute Gasteiger partial charge is 0.0607 e. The molecule has 0 saturated carbocycles. The predicted molar refractivity (Wildman–Crippen MR) is 135 cm³/mol. The highest BCUT2D eigenvalue weighted by Gasteiger charge is 2.27. The van der Waals surface area contributed by atoms with Crippen LogP contribution in [-0.4, -0.2) is 19.9 Å². The van der Waals surface area contributed by atoms with E-state index in [2.05, 4.69) is 68.7 Å². The third kappa shape index (κ3) is 5.74. The lowest BCUT2D eigenvalue weighted by atomic mass is 9.90. The lowest BCUT2D eigenvalue weighted by molar-refractivity contribution is 0.155. The Kier molecular flexibility index (Phi) is 7.34. The molecule has 0 spiro atoms. The number of benzene rings is 1. The first kappa shape index (κ1) is 22.4. The molecule has 5 rings (SSSR count). The van der Waals surface area contributed by atoms with Gasteiger partial charge < -0.3 is 5.32 Å². The van der Waals surface area contributed by atoms with Crippen LogP contribution in [-0.2, 0) is 32.6 Å². The highest BCUT2D eigenvalue weighted by molar-refractivity contribution is 5.27. The van der Waals surface area contributed by atoms with Gasteiger partial charge in [-0.2, -0.15) is 0 Å². The molecule has 0 amide bonds. The average Bonchev–Trinajstić information content (AvgIpc) is 2.90. The maximum Gasteiger partial charge on any atom is 0.0607 e. The summed E-state index contributed by atoms with van der Waals surface area (Å²) in [7, 11) is 0.